The van der Waals surface area contributed by atoms with Crippen LogP contribution in [0.25, 0.3) is 0 Å². The summed E-state index contributed by atoms with van der Waals surface area (Å²) < 4.78 is 27.8. The van der Waals surface area contributed by atoms with Gasteiger partial charge >= 0.3 is 0 Å². The van der Waals surface area contributed by atoms with Gasteiger partial charge in [-0.3, -0.25) is 9.69 Å². The maximum absolute atomic E-state index is 12.6. The van der Waals surface area contributed by atoms with Crippen LogP contribution in [0.3, 0.4) is 0 Å². The average Bonchev–Trinajstić information content (AvgIpc) is 3.16. The van der Waals surface area contributed by atoms with Gasteiger partial charge in [-0.25, -0.2) is 13.1 Å². The number of carbonyl (C=O) groups is 1. The lowest BCUT2D eigenvalue weighted by Gasteiger charge is -2.35. The van der Waals surface area contributed by atoms with Crippen LogP contribution in [0.4, 0.5) is 5.69 Å². The van der Waals surface area contributed by atoms with E-state index in [0.717, 1.165) is 0 Å². The number of thiophene rings is 1. The Balaban J connectivity index is 1.53. The molecule has 2 heterocycles. The van der Waals surface area contributed by atoms with Crippen LogP contribution in [0.2, 0.25) is 10.0 Å². The van der Waals surface area contributed by atoms with Gasteiger partial charge in [0.25, 0.3) is 0 Å². The molecule has 0 aliphatic carbocycles. The topological polar surface area (TPSA) is 78.5 Å². The predicted molar refractivity (Wildman–Crippen MR) is 114 cm³/mol. The van der Waals surface area contributed by atoms with Crippen LogP contribution in [0, 0.1) is 0 Å². The SMILES string of the molecule is CC(C(=O)Nc1cc(Cl)cc(Cl)c1)N1CCC(NS(=O)(=O)c2cccs2)CC1. The van der Waals surface area contributed by atoms with Gasteiger partial charge in [-0.15, -0.1) is 11.3 Å². The van der Waals surface area contributed by atoms with E-state index >= 15 is 0 Å². The fraction of sp³-hybridized carbons (Fsp3) is 0.389. The minimum Gasteiger partial charge on any atom is -0.325 e. The van der Waals surface area contributed by atoms with Crippen molar-refractivity contribution in [1.29, 1.82) is 0 Å². The second kappa shape index (κ2) is 9.11. The van der Waals surface area contributed by atoms with E-state index in [1.165, 1.54) is 11.3 Å². The summed E-state index contributed by atoms with van der Waals surface area (Å²) in [5.41, 5.74) is 0.549. The smallest absolute Gasteiger partial charge is 0.250 e. The van der Waals surface area contributed by atoms with E-state index in [9.17, 15) is 13.2 Å². The van der Waals surface area contributed by atoms with Crippen LogP contribution >= 0.6 is 34.5 Å². The van der Waals surface area contributed by atoms with Gasteiger partial charge in [-0.2, -0.15) is 0 Å². The third-order valence-corrected chi connectivity index (χ3v) is 8.02. The molecular formula is C18H21Cl2N3O3S2. The molecule has 0 bridgehead atoms. The van der Waals surface area contributed by atoms with Gasteiger partial charge < -0.3 is 5.32 Å². The molecule has 152 valence electrons. The van der Waals surface area contributed by atoms with E-state index in [0.29, 0.717) is 45.9 Å². The first-order valence-electron chi connectivity index (χ1n) is 8.81. The molecule has 0 saturated carbocycles. The van der Waals surface area contributed by atoms with Gasteiger partial charge in [0.1, 0.15) is 4.21 Å². The van der Waals surface area contributed by atoms with Gasteiger partial charge in [0, 0.05) is 34.9 Å². The second-order valence-electron chi connectivity index (χ2n) is 6.69. The number of likely N-dealkylation sites (tertiary alicyclic amines) is 1. The zero-order chi connectivity index (χ0) is 20.3. The van der Waals surface area contributed by atoms with Crippen LogP contribution in [0.15, 0.2) is 39.9 Å². The molecule has 0 spiro atoms. The summed E-state index contributed by atoms with van der Waals surface area (Å²) in [7, 11) is -3.47. The summed E-state index contributed by atoms with van der Waals surface area (Å²) in [6.07, 6.45) is 1.29. The lowest BCUT2D eigenvalue weighted by molar-refractivity contribution is -0.121. The number of carbonyl (C=O) groups excluding carboxylic acids is 1. The molecule has 1 unspecified atom stereocenters. The lowest BCUT2D eigenvalue weighted by Crippen LogP contribution is -2.50. The lowest BCUT2D eigenvalue weighted by atomic mass is 10.0. The Labute approximate surface area is 178 Å². The molecule has 1 aliphatic rings. The summed E-state index contributed by atoms with van der Waals surface area (Å²) in [4.78, 5) is 14.6. The summed E-state index contributed by atoms with van der Waals surface area (Å²) in [5.74, 6) is -0.157. The van der Waals surface area contributed by atoms with Gasteiger partial charge in [0.05, 0.1) is 6.04 Å². The zero-order valence-electron chi connectivity index (χ0n) is 15.2. The molecule has 1 atom stereocenters. The summed E-state index contributed by atoms with van der Waals surface area (Å²) in [6, 6.07) is 7.71. The molecule has 28 heavy (non-hydrogen) atoms. The molecule has 6 nitrogen and oxygen atoms in total. The predicted octanol–water partition coefficient (Wildman–Crippen LogP) is 3.82. The summed E-state index contributed by atoms with van der Waals surface area (Å²) in [5, 5.41) is 5.48. The highest BCUT2D eigenvalue weighted by atomic mass is 35.5. The van der Waals surface area contributed by atoms with Gasteiger partial charge in [-0.1, -0.05) is 29.3 Å². The number of hydrogen-bond acceptors (Lipinski definition) is 5. The molecule has 1 aliphatic heterocycles. The highest BCUT2D eigenvalue weighted by Crippen LogP contribution is 2.23. The van der Waals surface area contributed by atoms with Crippen LogP contribution < -0.4 is 10.0 Å². The normalized spacial score (nSPS) is 17.4. The van der Waals surface area contributed by atoms with Crippen molar-refractivity contribution in [2.24, 2.45) is 0 Å². The zero-order valence-corrected chi connectivity index (χ0v) is 18.3. The first kappa shape index (κ1) is 21.5. The van der Waals surface area contributed by atoms with Crippen LogP contribution in [-0.4, -0.2) is 44.4 Å². The molecule has 2 aromatic rings. The average molecular weight is 462 g/mol. The largest absolute Gasteiger partial charge is 0.325 e. The molecular weight excluding hydrogens is 441 g/mol. The van der Waals surface area contributed by atoms with Crippen molar-refractivity contribution in [1.82, 2.24) is 9.62 Å². The van der Waals surface area contributed by atoms with Crippen LogP contribution in [-0.2, 0) is 14.8 Å². The van der Waals surface area contributed by atoms with Crippen LogP contribution in [0.5, 0.6) is 0 Å². The summed E-state index contributed by atoms with van der Waals surface area (Å²) >= 11 is 13.1. The molecule has 2 N–H and O–H groups in total. The molecule has 1 amide bonds. The molecule has 1 fully saturated rings. The van der Waals surface area contributed by atoms with Gasteiger partial charge in [-0.05, 0) is 49.4 Å². The highest BCUT2D eigenvalue weighted by molar-refractivity contribution is 7.91. The number of rotatable bonds is 6. The minimum atomic E-state index is -3.47. The standard InChI is InChI=1S/C18H21Cl2N3O3S2/c1-12(18(24)21-16-10-13(19)9-14(20)11-16)23-6-4-15(5-7-23)22-28(25,26)17-3-2-8-27-17/h2-3,8-12,15,22H,4-7H2,1H3,(H,21,24). The number of benzene rings is 1. The monoisotopic (exact) mass is 461 g/mol. The highest BCUT2D eigenvalue weighted by Gasteiger charge is 2.29. The third kappa shape index (κ3) is 5.46. The number of anilines is 1. The van der Waals surface area contributed by atoms with E-state index in [2.05, 4.69) is 10.0 Å². The fourth-order valence-corrected chi connectivity index (χ4v) is 5.98. The van der Waals surface area contributed by atoms with Crippen molar-refractivity contribution in [3.05, 3.63) is 45.8 Å². The number of halogens is 2. The first-order valence-corrected chi connectivity index (χ1v) is 11.9. The Kier molecular flexibility index (Phi) is 7.01. The Morgan fingerprint density at radius 2 is 1.86 bits per heavy atom. The number of hydrogen-bond donors (Lipinski definition) is 2. The molecule has 1 saturated heterocycles. The van der Waals surface area contributed by atoms with Crippen molar-refractivity contribution < 1.29 is 13.2 Å². The van der Waals surface area contributed by atoms with E-state index in [-0.39, 0.29) is 18.0 Å². The summed E-state index contributed by atoms with van der Waals surface area (Å²) in [6.45, 7) is 3.09. The molecule has 10 heteroatoms. The Bertz CT molecular complexity index is 907. The second-order valence-corrected chi connectivity index (χ2v) is 10.4. The van der Waals surface area contributed by atoms with Gasteiger partial charge in [0.15, 0.2) is 0 Å². The Hall–Kier alpha value is -1.16. The number of amides is 1. The van der Waals surface area contributed by atoms with Crippen molar-refractivity contribution in [3.8, 4) is 0 Å². The Morgan fingerprint density at radius 3 is 2.43 bits per heavy atom. The van der Waals surface area contributed by atoms with Crippen LogP contribution in [0.1, 0.15) is 19.8 Å². The third-order valence-electron chi connectivity index (χ3n) is 4.67. The Morgan fingerprint density at radius 1 is 1.21 bits per heavy atom. The van der Waals surface area contributed by atoms with Gasteiger partial charge in [0.2, 0.25) is 15.9 Å². The first-order chi connectivity index (χ1) is 13.2. The number of nitrogens with one attached hydrogen (secondary N) is 2. The maximum Gasteiger partial charge on any atom is 0.250 e. The van der Waals surface area contributed by atoms with Crippen molar-refractivity contribution >= 4 is 56.2 Å². The number of nitrogens with zero attached hydrogens (tertiary/aromatic N) is 1. The number of piperidine rings is 1. The van der Waals surface area contributed by atoms with Crippen molar-refractivity contribution in [3.63, 3.8) is 0 Å². The van der Waals surface area contributed by atoms with E-state index in [1.807, 2.05) is 11.8 Å². The van der Waals surface area contributed by atoms with E-state index < -0.39 is 10.0 Å². The minimum absolute atomic E-state index is 0.134. The molecule has 1 aromatic carbocycles. The molecule has 1 aromatic heterocycles. The van der Waals surface area contributed by atoms with E-state index in [1.54, 1.807) is 35.7 Å². The maximum atomic E-state index is 12.6. The molecule has 3 rings (SSSR count). The molecule has 0 radical (unpaired) electrons. The van der Waals surface area contributed by atoms with Crippen molar-refractivity contribution in [2.45, 2.75) is 36.1 Å². The van der Waals surface area contributed by atoms with Crippen molar-refractivity contribution in [2.75, 3.05) is 18.4 Å². The quantitative estimate of drug-likeness (QED) is 0.684. The van der Waals surface area contributed by atoms with E-state index in [4.69, 9.17) is 23.2 Å². The fourth-order valence-electron chi connectivity index (χ4n) is 3.14. The number of sulfonamides is 1.